The highest BCUT2D eigenvalue weighted by atomic mass is 16.3. The molecule has 0 radical (unpaired) electrons. The van der Waals surface area contributed by atoms with E-state index in [2.05, 4.69) is 9.97 Å². The number of hydrogen-bond acceptors (Lipinski definition) is 3. The smallest absolute Gasteiger partial charge is 0.154 e. The van der Waals surface area contributed by atoms with E-state index in [9.17, 15) is 0 Å². The van der Waals surface area contributed by atoms with Gasteiger partial charge in [0.15, 0.2) is 5.76 Å². The number of aromatic nitrogens is 2. The van der Waals surface area contributed by atoms with Gasteiger partial charge in [0.05, 0.1) is 5.52 Å². The maximum atomic E-state index is 5.87. The average Bonchev–Trinajstić information content (AvgIpc) is 2.90. The summed E-state index contributed by atoms with van der Waals surface area (Å²) in [6, 6.07) is 15.8. The molecule has 0 saturated carbocycles. The first kappa shape index (κ1) is 10.3. The molecule has 19 heavy (non-hydrogen) atoms. The van der Waals surface area contributed by atoms with Gasteiger partial charge in [-0.2, -0.15) is 0 Å². The molecule has 0 aliphatic heterocycles. The molecule has 0 saturated heterocycles. The van der Waals surface area contributed by atoms with E-state index in [1.54, 1.807) is 12.4 Å². The molecule has 0 aliphatic rings. The number of furan rings is 1. The van der Waals surface area contributed by atoms with Crippen molar-refractivity contribution in [2.75, 3.05) is 0 Å². The van der Waals surface area contributed by atoms with E-state index in [1.807, 2.05) is 48.5 Å². The van der Waals surface area contributed by atoms with Crippen molar-refractivity contribution >= 4 is 21.9 Å². The Morgan fingerprint density at radius 1 is 0.842 bits per heavy atom. The fourth-order valence-electron chi connectivity index (χ4n) is 2.30. The quantitative estimate of drug-likeness (QED) is 0.508. The SMILES string of the molecule is c1ccc2oc(-c3nccc4ncccc34)cc2c1. The number of nitrogens with zero attached hydrogens (tertiary/aromatic N) is 2. The van der Waals surface area contributed by atoms with E-state index in [4.69, 9.17) is 4.42 Å². The van der Waals surface area contributed by atoms with E-state index < -0.39 is 0 Å². The zero-order valence-corrected chi connectivity index (χ0v) is 10.1. The molecule has 0 unspecified atom stereocenters. The largest absolute Gasteiger partial charge is 0.454 e. The zero-order valence-electron chi connectivity index (χ0n) is 10.1. The van der Waals surface area contributed by atoms with Gasteiger partial charge in [-0.15, -0.1) is 0 Å². The third-order valence-corrected chi connectivity index (χ3v) is 3.19. The molecular weight excluding hydrogens is 236 g/mol. The summed E-state index contributed by atoms with van der Waals surface area (Å²) in [5.74, 6) is 0.778. The molecule has 0 N–H and O–H groups in total. The van der Waals surface area contributed by atoms with Crippen molar-refractivity contribution in [3.63, 3.8) is 0 Å². The van der Waals surface area contributed by atoms with E-state index in [0.717, 1.165) is 33.3 Å². The molecule has 4 aromatic rings. The standard InChI is InChI=1S/C16H10N2O/c1-2-6-14-11(4-1)10-15(19-14)16-12-5-3-8-17-13(12)7-9-18-16/h1-10H. The lowest BCUT2D eigenvalue weighted by atomic mass is 10.1. The van der Waals surface area contributed by atoms with Gasteiger partial charge in [-0.25, -0.2) is 0 Å². The van der Waals surface area contributed by atoms with Crippen LogP contribution in [0.4, 0.5) is 0 Å². The molecule has 3 nitrogen and oxygen atoms in total. The Bertz CT molecular complexity index is 842. The Morgan fingerprint density at radius 2 is 1.79 bits per heavy atom. The lowest BCUT2D eigenvalue weighted by Crippen LogP contribution is -1.85. The molecule has 0 spiro atoms. The van der Waals surface area contributed by atoms with Gasteiger partial charge in [0.1, 0.15) is 11.3 Å². The summed E-state index contributed by atoms with van der Waals surface area (Å²) in [7, 11) is 0. The average molecular weight is 246 g/mol. The summed E-state index contributed by atoms with van der Waals surface area (Å²) < 4.78 is 5.87. The lowest BCUT2D eigenvalue weighted by Gasteiger charge is -2.01. The minimum atomic E-state index is 0.778. The van der Waals surface area contributed by atoms with Gasteiger partial charge >= 0.3 is 0 Å². The molecule has 1 aromatic carbocycles. The summed E-state index contributed by atoms with van der Waals surface area (Å²) in [6.45, 7) is 0. The van der Waals surface area contributed by atoms with Gasteiger partial charge in [0.25, 0.3) is 0 Å². The number of fused-ring (bicyclic) bond motifs is 2. The second-order valence-corrected chi connectivity index (χ2v) is 4.38. The fourth-order valence-corrected chi connectivity index (χ4v) is 2.30. The molecule has 4 rings (SSSR count). The van der Waals surface area contributed by atoms with Crippen LogP contribution in [0.5, 0.6) is 0 Å². The topological polar surface area (TPSA) is 38.9 Å². The molecular formula is C16H10N2O. The van der Waals surface area contributed by atoms with E-state index in [1.165, 1.54) is 0 Å². The molecule has 0 amide bonds. The molecule has 90 valence electrons. The summed E-state index contributed by atoms with van der Waals surface area (Å²) in [6.07, 6.45) is 3.54. The Balaban J connectivity index is 2.03. The van der Waals surface area contributed by atoms with E-state index in [-0.39, 0.29) is 0 Å². The van der Waals surface area contributed by atoms with Gasteiger partial charge in [0.2, 0.25) is 0 Å². The van der Waals surface area contributed by atoms with Gasteiger partial charge < -0.3 is 4.42 Å². The first-order valence-electron chi connectivity index (χ1n) is 6.10. The number of pyridine rings is 2. The Morgan fingerprint density at radius 3 is 2.74 bits per heavy atom. The van der Waals surface area contributed by atoms with Crippen LogP contribution in [0.25, 0.3) is 33.3 Å². The monoisotopic (exact) mass is 246 g/mol. The highest BCUT2D eigenvalue weighted by Crippen LogP contribution is 2.30. The van der Waals surface area contributed by atoms with Crippen LogP contribution in [-0.4, -0.2) is 9.97 Å². The van der Waals surface area contributed by atoms with Gasteiger partial charge in [0, 0.05) is 23.2 Å². The van der Waals surface area contributed by atoms with Crippen LogP contribution >= 0.6 is 0 Å². The van der Waals surface area contributed by atoms with Crippen molar-refractivity contribution in [1.29, 1.82) is 0 Å². The van der Waals surface area contributed by atoms with Crippen LogP contribution in [0.1, 0.15) is 0 Å². The highest BCUT2D eigenvalue weighted by Gasteiger charge is 2.10. The van der Waals surface area contributed by atoms with Gasteiger partial charge in [-0.1, -0.05) is 18.2 Å². The van der Waals surface area contributed by atoms with E-state index >= 15 is 0 Å². The summed E-state index contributed by atoms with van der Waals surface area (Å²) in [5, 5.41) is 2.09. The first-order valence-corrected chi connectivity index (χ1v) is 6.10. The van der Waals surface area contributed by atoms with Gasteiger partial charge in [-0.3, -0.25) is 9.97 Å². The minimum absolute atomic E-state index is 0.778. The van der Waals surface area contributed by atoms with Crippen molar-refractivity contribution < 1.29 is 4.42 Å². The molecule has 3 heteroatoms. The summed E-state index contributed by atoms with van der Waals surface area (Å²) in [4.78, 5) is 8.78. The number of hydrogen-bond donors (Lipinski definition) is 0. The summed E-state index contributed by atoms with van der Waals surface area (Å²) >= 11 is 0. The molecule has 0 atom stereocenters. The van der Waals surface area contributed by atoms with Crippen molar-refractivity contribution in [2.45, 2.75) is 0 Å². The Hall–Kier alpha value is -2.68. The predicted molar refractivity (Wildman–Crippen MR) is 74.7 cm³/mol. The maximum Gasteiger partial charge on any atom is 0.154 e. The molecule has 0 fully saturated rings. The van der Waals surface area contributed by atoms with E-state index in [0.29, 0.717) is 0 Å². The fraction of sp³-hybridized carbons (Fsp3) is 0. The van der Waals surface area contributed by atoms with Crippen LogP contribution in [0.15, 0.2) is 65.3 Å². The normalized spacial score (nSPS) is 11.2. The van der Waals surface area contributed by atoms with Crippen LogP contribution in [0.3, 0.4) is 0 Å². The zero-order chi connectivity index (χ0) is 12.7. The van der Waals surface area contributed by atoms with Crippen molar-refractivity contribution in [3.8, 4) is 11.5 Å². The van der Waals surface area contributed by atoms with Crippen LogP contribution in [0.2, 0.25) is 0 Å². The van der Waals surface area contributed by atoms with Crippen molar-refractivity contribution in [2.24, 2.45) is 0 Å². The first-order chi connectivity index (χ1) is 9.42. The Kier molecular flexibility index (Phi) is 2.12. The lowest BCUT2D eigenvalue weighted by molar-refractivity contribution is 0.629. The second kappa shape index (κ2) is 3.92. The van der Waals surface area contributed by atoms with Crippen molar-refractivity contribution in [3.05, 3.63) is 60.9 Å². The molecule has 3 heterocycles. The third kappa shape index (κ3) is 1.59. The van der Waals surface area contributed by atoms with Crippen LogP contribution in [0, 0.1) is 0 Å². The molecule has 0 bridgehead atoms. The second-order valence-electron chi connectivity index (χ2n) is 4.38. The predicted octanol–water partition coefficient (Wildman–Crippen LogP) is 4.04. The van der Waals surface area contributed by atoms with Gasteiger partial charge in [-0.05, 0) is 30.3 Å². The molecule has 3 aromatic heterocycles. The minimum Gasteiger partial charge on any atom is -0.454 e. The highest BCUT2D eigenvalue weighted by molar-refractivity contribution is 5.93. The Labute approximate surface area is 109 Å². The van der Waals surface area contributed by atoms with Crippen LogP contribution < -0.4 is 0 Å². The molecule has 0 aliphatic carbocycles. The van der Waals surface area contributed by atoms with Crippen LogP contribution in [-0.2, 0) is 0 Å². The van der Waals surface area contributed by atoms with Crippen molar-refractivity contribution in [1.82, 2.24) is 9.97 Å². The number of para-hydroxylation sites is 1. The third-order valence-electron chi connectivity index (χ3n) is 3.19. The maximum absolute atomic E-state index is 5.87. The number of rotatable bonds is 1. The summed E-state index contributed by atoms with van der Waals surface area (Å²) in [5.41, 5.74) is 2.63. The number of benzene rings is 1.